The molecule has 2 amide bonds. The highest BCUT2D eigenvalue weighted by Gasteiger charge is 2.38. The van der Waals surface area contributed by atoms with Gasteiger partial charge in [0, 0.05) is 18.8 Å². The average molecular weight is 514 g/mol. The number of carbonyl (C=O) groups is 2. The molecule has 0 fully saturated rings. The first-order valence-electron chi connectivity index (χ1n) is 12.7. The third-order valence-corrected chi connectivity index (χ3v) is 6.83. The maximum absolute atomic E-state index is 14.2. The molecule has 8 nitrogen and oxygen atoms in total. The molecule has 3 heterocycles. The summed E-state index contributed by atoms with van der Waals surface area (Å²) in [4.78, 5) is 31.3. The second kappa shape index (κ2) is 10.9. The van der Waals surface area contributed by atoms with Crippen LogP contribution in [0.25, 0.3) is 5.69 Å². The van der Waals surface area contributed by atoms with Gasteiger partial charge in [-0.25, -0.2) is 0 Å². The number of ether oxygens (including phenoxy) is 2. The van der Waals surface area contributed by atoms with Gasteiger partial charge in [0.25, 0.3) is 5.91 Å². The van der Waals surface area contributed by atoms with Crippen LogP contribution in [-0.2, 0) is 4.79 Å². The molecule has 0 bridgehead atoms. The van der Waals surface area contributed by atoms with E-state index in [2.05, 4.69) is 11.5 Å². The van der Waals surface area contributed by atoms with Crippen LogP contribution in [-0.4, -0.2) is 48.6 Å². The fraction of sp³-hybridized carbons (Fsp3) is 0.267. The number of aromatic nitrogens is 1. The Morgan fingerprint density at radius 2 is 1.79 bits per heavy atom. The van der Waals surface area contributed by atoms with E-state index in [4.69, 9.17) is 13.9 Å². The zero-order valence-corrected chi connectivity index (χ0v) is 21.8. The molecule has 0 spiro atoms. The van der Waals surface area contributed by atoms with Crippen molar-refractivity contribution >= 4 is 17.5 Å². The molecule has 2 aromatic heterocycles. The number of amides is 2. The van der Waals surface area contributed by atoms with Crippen molar-refractivity contribution in [2.75, 3.05) is 32.2 Å². The Kier molecular flexibility index (Phi) is 7.22. The molecular weight excluding hydrogens is 482 g/mol. The van der Waals surface area contributed by atoms with Gasteiger partial charge in [0.1, 0.15) is 29.8 Å². The number of rotatable bonds is 9. The van der Waals surface area contributed by atoms with Gasteiger partial charge < -0.3 is 23.4 Å². The summed E-state index contributed by atoms with van der Waals surface area (Å²) in [5.74, 6) is 1.16. The summed E-state index contributed by atoms with van der Waals surface area (Å²) in [5.41, 5.74) is 2.95. The van der Waals surface area contributed by atoms with Crippen molar-refractivity contribution in [1.29, 1.82) is 0 Å². The number of carbonyl (C=O) groups excluding carboxylic acids is 2. The summed E-state index contributed by atoms with van der Waals surface area (Å²) < 4.78 is 18.7. The predicted octanol–water partition coefficient (Wildman–Crippen LogP) is 5.47. The molecule has 1 unspecified atom stereocenters. The van der Waals surface area contributed by atoms with Crippen LogP contribution < -0.4 is 14.4 Å². The van der Waals surface area contributed by atoms with Gasteiger partial charge in [0.2, 0.25) is 5.91 Å². The van der Waals surface area contributed by atoms with Crippen LogP contribution in [0, 0.1) is 0 Å². The zero-order chi connectivity index (χ0) is 26.6. The van der Waals surface area contributed by atoms with Crippen molar-refractivity contribution in [2.24, 2.45) is 0 Å². The average Bonchev–Trinajstić information content (AvgIpc) is 3.66. The van der Waals surface area contributed by atoms with Crippen LogP contribution in [0.3, 0.4) is 0 Å². The molecule has 1 atom stereocenters. The number of hydrogen-bond donors (Lipinski definition) is 0. The third kappa shape index (κ3) is 4.53. The first kappa shape index (κ1) is 25.2. The van der Waals surface area contributed by atoms with Crippen molar-refractivity contribution < 1.29 is 23.5 Å². The van der Waals surface area contributed by atoms with E-state index in [0.717, 1.165) is 29.9 Å². The fourth-order valence-corrected chi connectivity index (χ4v) is 4.96. The number of nitrogens with zero attached hydrogens (tertiary/aromatic N) is 3. The Hall–Kier alpha value is -4.46. The second-order valence-corrected chi connectivity index (χ2v) is 9.12. The quantitative estimate of drug-likeness (QED) is 0.297. The van der Waals surface area contributed by atoms with E-state index in [-0.39, 0.29) is 18.4 Å². The SMILES string of the molecule is CCCCN(CC(=O)N1c2ccccc2-n2cccc2C1c1ccco1)C(=O)c1ccc(OC)cc1OC. The van der Waals surface area contributed by atoms with Crippen LogP contribution in [0.15, 0.2) is 83.6 Å². The summed E-state index contributed by atoms with van der Waals surface area (Å²) in [6.07, 6.45) is 5.24. The standard InChI is InChI=1S/C30H31N3O5/c1-4-5-16-31(30(35)22-15-14-21(36-2)19-27(22)37-3)20-28(34)33-24-11-7-6-10-23(24)32-17-8-12-25(32)29(33)26-13-9-18-38-26/h6-15,17-19,29H,4-5,16,20H2,1-3H3. The number of fused-ring (bicyclic) bond motifs is 3. The number of para-hydroxylation sites is 2. The van der Waals surface area contributed by atoms with E-state index in [9.17, 15) is 9.59 Å². The molecule has 0 N–H and O–H groups in total. The Balaban J connectivity index is 1.53. The topological polar surface area (TPSA) is 77.2 Å². The fourth-order valence-electron chi connectivity index (χ4n) is 4.96. The molecule has 2 aromatic carbocycles. The normalized spacial score (nSPS) is 14.0. The van der Waals surface area contributed by atoms with Crippen molar-refractivity contribution in [3.8, 4) is 17.2 Å². The Morgan fingerprint density at radius 3 is 2.50 bits per heavy atom. The molecule has 0 saturated carbocycles. The second-order valence-electron chi connectivity index (χ2n) is 9.12. The highest BCUT2D eigenvalue weighted by molar-refractivity contribution is 6.03. The molecular formula is C30H31N3O5. The van der Waals surface area contributed by atoms with Crippen LogP contribution in [0.2, 0.25) is 0 Å². The summed E-state index contributed by atoms with van der Waals surface area (Å²) >= 11 is 0. The van der Waals surface area contributed by atoms with Gasteiger partial charge in [-0.3, -0.25) is 14.5 Å². The summed E-state index contributed by atoms with van der Waals surface area (Å²) in [6, 6.07) is 20.0. The Morgan fingerprint density at radius 1 is 0.974 bits per heavy atom. The summed E-state index contributed by atoms with van der Waals surface area (Å²) in [5, 5.41) is 0. The van der Waals surface area contributed by atoms with Crippen molar-refractivity contribution in [2.45, 2.75) is 25.8 Å². The first-order chi connectivity index (χ1) is 18.6. The van der Waals surface area contributed by atoms with E-state index in [1.165, 1.54) is 7.11 Å². The first-order valence-corrected chi connectivity index (χ1v) is 12.7. The zero-order valence-electron chi connectivity index (χ0n) is 21.8. The van der Waals surface area contributed by atoms with E-state index >= 15 is 0 Å². The summed E-state index contributed by atoms with van der Waals surface area (Å²) in [6.45, 7) is 2.40. The third-order valence-electron chi connectivity index (χ3n) is 6.83. The maximum atomic E-state index is 14.2. The molecule has 0 saturated heterocycles. The lowest BCUT2D eigenvalue weighted by Crippen LogP contribution is -2.47. The lowest BCUT2D eigenvalue weighted by atomic mass is 10.0. The van der Waals surface area contributed by atoms with Crippen LogP contribution in [0.1, 0.15) is 47.6 Å². The van der Waals surface area contributed by atoms with Crippen LogP contribution >= 0.6 is 0 Å². The molecule has 4 aromatic rings. The van der Waals surface area contributed by atoms with E-state index < -0.39 is 6.04 Å². The van der Waals surface area contributed by atoms with Crippen LogP contribution in [0.4, 0.5) is 5.69 Å². The van der Waals surface area contributed by atoms with E-state index in [0.29, 0.717) is 29.4 Å². The number of furan rings is 1. The number of methoxy groups -OCH3 is 2. The molecule has 1 aliphatic rings. The minimum Gasteiger partial charge on any atom is -0.497 e. The van der Waals surface area contributed by atoms with Gasteiger partial charge in [-0.05, 0) is 55.0 Å². The Bertz CT molecular complexity index is 1430. The van der Waals surface area contributed by atoms with E-state index in [1.807, 2.05) is 54.7 Å². The molecule has 8 heteroatoms. The van der Waals surface area contributed by atoms with Crippen molar-refractivity contribution in [3.05, 3.63) is 96.2 Å². The number of benzene rings is 2. The van der Waals surface area contributed by atoms with Gasteiger partial charge in [-0.1, -0.05) is 25.5 Å². The highest BCUT2D eigenvalue weighted by Crippen LogP contribution is 2.42. The largest absolute Gasteiger partial charge is 0.497 e. The van der Waals surface area contributed by atoms with E-state index in [1.54, 1.807) is 41.4 Å². The van der Waals surface area contributed by atoms with Gasteiger partial charge >= 0.3 is 0 Å². The molecule has 0 radical (unpaired) electrons. The Labute approximate surface area is 222 Å². The minimum atomic E-state index is -0.471. The highest BCUT2D eigenvalue weighted by atomic mass is 16.5. The lowest BCUT2D eigenvalue weighted by molar-refractivity contribution is -0.119. The van der Waals surface area contributed by atoms with Crippen molar-refractivity contribution in [1.82, 2.24) is 9.47 Å². The van der Waals surface area contributed by atoms with Gasteiger partial charge in [0.05, 0.1) is 43.1 Å². The molecule has 1 aliphatic heterocycles. The smallest absolute Gasteiger partial charge is 0.258 e. The number of anilines is 1. The maximum Gasteiger partial charge on any atom is 0.258 e. The van der Waals surface area contributed by atoms with Gasteiger partial charge in [-0.15, -0.1) is 0 Å². The molecule has 38 heavy (non-hydrogen) atoms. The minimum absolute atomic E-state index is 0.0970. The monoisotopic (exact) mass is 513 g/mol. The van der Waals surface area contributed by atoms with Gasteiger partial charge in [0.15, 0.2) is 0 Å². The molecule has 196 valence electrons. The summed E-state index contributed by atoms with van der Waals surface area (Å²) in [7, 11) is 3.08. The molecule has 5 rings (SSSR count). The number of unbranched alkanes of at least 4 members (excludes halogenated alkanes) is 1. The molecule has 0 aliphatic carbocycles. The van der Waals surface area contributed by atoms with Crippen LogP contribution in [0.5, 0.6) is 11.5 Å². The van der Waals surface area contributed by atoms with Crippen molar-refractivity contribution in [3.63, 3.8) is 0 Å². The van der Waals surface area contributed by atoms with Gasteiger partial charge in [-0.2, -0.15) is 0 Å². The number of hydrogen-bond acceptors (Lipinski definition) is 5. The predicted molar refractivity (Wildman–Crippen MR) is 144 cm³/mol. The lowest BCUT2D eigenvalue weighted by Gasteiger charge is -2.38.